The van der Waals surface area contributed by atoms with Gasteiger partial charge in [-0.3, -0.25) is 0 Å². The van der Waals surface area contributed by atoms with Crippen molar-refractivity contribution >= 4 is 60.8 Å². The molecule has 14 aromatic rings. The van der Waals surface area contributed by atoms with E-state index in [1.54, 1.807) is 0 Å². The molecule has 3 heteroatoms. The zero-order chi connectivity index (χ0) is 49.7. The molecule has 75 heavy (non-hydrogen) atoms. The Bertz CT molecular complexity index is 4320. The summed E-state index contributed by atoms with van der Waals surface area (Å²) in [5, 5.41) is 4.80. The second-order valence-electron chi connectivity index (χ2n) is 19.3. The summed E-state index contributed by atoms with van der Waals surface area (Å²) in [6.07, 6.45) is 0. The van der Waals surface area contributed by atoms with E-state index in [2.05, 4.69) is 289 Å². The van der Waals surface area contributed by atoms with E-state index in [4.69, 9.17) is 4.42 Å². The number of benzene rings is 12. The molecule has 0 aliphatic rings. The van der Waals surface area contributed by atoms with Crippen molar-refractivity contribution in [3.05, 3.63) is 291 Å². The Kier molecular flexibility index (Phi) is 10.8. The third kappa shape index (κ3) is 8.04. The molecule has 0 aliphatic carbocycles. The van der Waals surface area contributed by atoms with Crippen LogP contribution in [0.5, 0.6) is 0 Å². The van der Waals surface area contributed by atoms with Gasteiger partial charge in [-0.25, -0.2) is 0 Å². The van der Waals surface area contributed by atoms with Crippen molar-refractivity contribution in [1.82, 2.24) is 4.57 Å². The number of rotatable bonds is 10. The van der Waals surface area contributed by atoms with Gasteiger partial charge in [0.1, 0.15) is 11.2 Å². The fourth-order valence-corrected chi connectivity index (χ4v) is 11.1. The summed E-state index contributed by atoms with van der Waals surface area (Å²) in [4.78, 5) is 2.39. The lowest BCUT2D eigenvalue weighted by atomic mass is 9.97. The van der Waals surface area contributed by atoms with Crippen LogP contribution in [0.3, 0.4) is 0 Å². The number of hydrogen-bond donors (Lipinski definition) is 0. The van der Waals surface area contributed by atoms with Crippen LogP contribution >= 0.6 is 0 Å². The van der Waals surface area contributed by atoms with Crippen LogP contribution in [0.1, 0.15) is 0 Å². The number of nitrogens with zero attached hydrogens (tertiary/aromatic N) is 2. The van der Waals surface area contributed by atoms with Crippen molar-refractivity contribution in [3.63, 3.8) is 0 Å². The standard InChI is InChI=1S/C72H48N2O/c1-2-14-49(15-3-1)50-32-34-55(35-33-50)63-20-4-8-24-68(63)73(61-43-38-54(39-44-61)56-16-12-17-57(46-56)59-40-45-67-66-23-7-11-27-71(66)75-72(67)48-59)60-41-36-52(37-42-60)51-28-30-53(31-29-51)58-18-13-19-62(47-58)74-69-25-9-5-21-64(69)65-22-6-10-26-70(65)74/h1-48H. The predicted octanol–water partition coefficient (Wildman–Crippen LogP) is 20.2. The second-order valence-corrected chi connectivity index (χ2v) is 19.3. The highest BCUT2D eigenvalue weighted by atomic mass is 16.3. The van der Waals surface area contributed by atoms with Crippen molar-refractivity contribution in [1.29, 1.82) is 0 Å². The van der Waals surface area contributed by atoms with E-state index >= 15 is 0 Å². The van der Waals surface area contributed by atoms with Crippen LogP contribution in [0.2, 0.25) is 0 Å². The maximum atomic E-state index is 6.27. The zero-order valence-electron chi connectivity index (χ0n) is 41.0. The van der Waals surface area contributed by atoms with Gasteiger partial charge in [-0.05, 0) is 140 Å². The molecule has 352 valence electrons. The molecule has 2 heterocycles. The normalized spacial score (nSPS) is 11.5. The van der Waals surface area contributed by atoms with Crippen molar-refractivity contribution in [2.75, 3.05) is 4.90 Å². The smallest absolute Gasteiger partial charge is 0.136 e. The van der Waals surface area contributed by atoms with Crippen LogP contribution < -0.4 is 4.90 Å². The topological polar surface area (TPSA) is 21.3 Å². The fraction of sp³-hybridized carbons (Fsp3) is 0. The first-order valence-electron chi connectivity index (χ1n) is 25.6. The molecule has 0 saturated carbocycles. The van der Waals surface area contributed by atoms with E-state index in [0.29, 0.717) is 0 Å². The van der Waals surface area contributed by atoms with E-state index in [1.165, 1.54) is 49.6 Å². The van der Waals surface area contributed by atoms with Crippen LogP contribution in [0.15, 0.2) is 296 Å². The molecule has 0 spiro atoms. The van der Waals surface area contributed by atoms with E-state index < -0.39 is 0 Å². The van der Waals surface area contributed by atoms with Gasteiger partial charge < -0.3 is 13.9 Å². The zero-order valence-corrected chi connectivity index (χ0v) is 41.0. The van der Waals surface area contributed by atoms with Crippen LogP contribution in [-0.2, 0) is 0 Å². The molecule has 0 atom stereocenters. The average molecular weight is 957 g/mol. The molecule has 0 saturated heterocycles. The van der Waals surface area contributed by atoms with E-state index in [-0.39, 0.29) is 0 Å². The van der Waals surface area contributed by atoms with Gasteiger partial charge in [-0.15, -0.1) is 0 Å². The number of fused-ring (bicyclic) bond motifs is 6. The third-order valence-electron chi connectivity index (χ3n) is 14.8. The van der Waals surface area contributed by atoms with Crippen LogP contribution in [0, 0.1) is 0 Å². The summed E-state index contributed by atoms with van der Waals surface area (Å²) in [7, 11) is 0. The van der Waals surface area contributed by atoms with Crippen LogP contribution in [-0.4, -0.2) is 4.57 Å². The Labute approximate surface area is 436 Å². The third-order valence-corrected chi connectivity index (χ3v) is 14.8. The van der Waals surface area contributed by atoms with Gasteiger partial charge in [0.2, 0.25) is 0 Å². The average Bonchev–Trinajstić information content (AvgIpc) is 4.04. The molecule has 0 bridgehead atoms. The molecule has 0 unspecified atom stereocenters. The summed E-state index contributed by atoms with van der Waals surface area (Å²) < 4.78 is 8.65. The minimum absolute atomic E-state index is 0.899. The van der Waals surface area contributed by atoms with Gasteiger partial charge in [0, 0.05) is 44.2 Å². The van der Waals surface area contributed by atoms with Gasteiger partial charge in [0.15, 0.2) is 0 Å². The Morgan fingerprint density at radius 2 is 0.667 bits per heavy atom. The fourth-order valence-electron chi connectivity index (χ4n) is 11.1. The molecule has 0 N–H and O–H groups in total. The van der Waals surface area contributed by atoms with Crippen molar-refractivity contribution in [2.24, 2.45) is 0 Å². The molecule has 0 radical (unpaired) electrons. The first kappa shape index (κ1) is 43.8. The quantitative estimate of drug-likeness (QED) is 0.136. The summed E-state index contributed by atoms with van der Waals surface area (Å²) in [6.45, 7) is 0. The predicted molar refractivity (Wildman–Crippen MR) is 315 cm³/mol. The molecule has 0 aliphatic heterocycles. The Balaban J connectivity index is 0.791. The first-order chi connectivity index (χ1) is 37.2. The van der Waals surface area contributed by atoms with Gasteiger partial charge in [0.05, 0.1) is 16.7 Å². The molecular formula is C72H48N2O. The number of aromatic nitrogens is 1. The van der Waals surface area contributed by atoms with Crippen molar-refractivity contribution in [2.45, 2.75) is 0 Å². The van der Waals surface area contributed by atoms with Crippen molar-refractivity contribution in [3.8, 4) is 72.4 Å². The van der Waals surface area contributed by atoms with Crippen LogP contribution in [0.4, 0.5) is 17.1 Å². The minimum atomic E-state index is 0.899. The summed E-state index contributed by atoms with van der Waals surface area (Å²) >= 11 is 0. The van der Waals surface area contributed by atoms with Gasteiger partial charge in [-0.2, -0.15) is 0 Å². The Morgan fingerprint density at radius 3 is 1.31 bits per heavy atom. The number of furan rings is 1. The van der Waals surface area contributed by atoms with E-state index in [0.717, 1.165) is 83.6 Å². The van der Waals surface area contributed by atoms with E-state index in [1.807, 2.05) is 12.1 Å². The highest BCUT2D eigenvalue weighted by molar-refractivity contribution is 6.09. The van der Waals surface area contributed by atoms with Gasteiger partial charge in [-0.1, -0.05) is 212 Å². The number of para-hydroxylation sites is 4. The van der Waals surface area contributed by atoms with Crippen molar-refractivity contribution < 1.29 is 4.42 Å². The SMILES string of the molecule is c1ccc(-c2ccc(-c3ccccc3N(c3ccc(-c4ccc(-c5cccc(-n6c7ccccc7c7ccccc76)c5)cc4)cc3)c3ccc(-c4cccc(-c5ccc6c(c5)oc5ccccc56)c4)cc3)cc2)cc1. The lowest BCUT2D eigenvalue weighted by Crippen LogP contribution is -2.11. The molecule has 0 amide bonds. The molecule has 14 rings (SSSR count). The second kappa shape index (κ2) is 18.6. The highest BCUT2D eigenvalue weighted by Crippen LogP contribution is 2.43. The molecular weight excluding hydrogens is 909 g/mol. The summed E-state index contributed by atoms with van der Waals surface area (Å²) in [6, 6.07) is 105. The molecule has 3 nitrogen and oxygen atoms in total. The number of anilines is 3. The number of hydrogen-bond acceptors (Lipinski definition) is 2. The van der Waals surface area contributed by atoms with Gasteiger partial charge >= 0.3 is 0 Å². The Hall–Kier alpha value is -9.96. The molecule has 0 fully saturated rings. The van der Waals surface area contributed by atoms with Gasteiger partial charge in [0.25, 0.3) is 0 Å². The summed E-state index contributed by atoms with van der Waals surface area (Å²) in [5.74, 6) is 0. The van der Waals surface area contributed by atoms with E-state index in [9.17, 15) is 0 Å². The first-order valence-corrected chi connectivity index (χ1v) is 25.6. The lowest BCUT2D eigenvalue weighted by molar-refractivity contribution is 0.669. The maximum absolute atomic E-state index is 6.27. The van der Waals surface area contributed by atoms with Crippen LogP contribution in [0.25, 0.3) is 116 Å². The largest absolute Gasteiger partial charge is 0.456 e. The highest BCUT2D eigenvalue weighted by Gasteiger charge is 2.19. The monoisotopic (exact) mass is 956 g/mol. The lowest BCUT2D eigenvalue weighted by Gasteiger charge is -2.28. The molecule has 12 aromatic carbocycles. The minimum Gasteiger partial charge on any atom is -0.456 e. The molecule has 2 aromatic heterocycles. The maximum Gasteiger partial charge on any atom is 0.136 e. The summed E-state index contributed by atoms with van der Waals surface area (Å²) in [5.41, 5.74) is 22.6. The Morgan fingerprint density at radius 1 is 0.253 bits per heavy atom.